The number of carbonyl (C=O) groups excluding carboxylic acids is 1. The van der Waals surface area contributed by atoms with Gasteiger partial charge >= 0.3 is 0 Å². The summed E-state index contributed by atoms with van der Waals surface area (Å²) in [6, 6.07) is 13.0. The Hall–Kier alpha value is -2.49. The lowest BCUT2D eigenvalue weighted by molar-refractivity contribution is 0.0939. The molecule has 0 radical (unpaired) electrons. The van der Waals surface area contributed by atoms with Crippen LogP contribution in [0.3, 0.4) is 0 Å². The summed E-state index contributed by atoms with van der Waals surface area (Å²) < 4.78 is 11.2. The van der Waals surface area contributed by atoms with E-state index in [0.29, 0.717) is 36.8 Å². The summed E-state index contributed by atoms with van der Waals surface area (Å²) >= 11 is 0. The lowest BCUT2D eigenvalue weighted by Crippen LogP contribution is -2.31. The molecule has 0 bridgehead atoms. The summed E-state index contributed by atoms with van der Waals surface area (Å²) in [6.07, 6.45) is 0.892. The lowest BCUT2D eigenvalue weighted by Gasteiger charge is -2.14. The summed E-state index contributed by atoms with van der Waals surface area (Å²) in [4.78, 5) is 16.6. The molecule has 2 rings (SSSR count). The number of hydrogen-bond acceptors (Lipinski definition) is 4. The number of benzene rings is 2. The fourth-order valence-electron chi connectivity index (χ4n) is 2.67. The number of ether oxygens (including phenoxy) is 2. The number of halogens is 1. The summed E-state index contributed by atoms with van der Waals surface area (Å²) in [5.41, 5.74) is 8.34. The Morgan fingerprint density at radius 2 is 1.74 bits per heavy atom. The van der Waals surface area contributed by atoms with E-state index in [1.165, 1.54) is 0 Å². The molecule has 1 amide bonds. The molecule has 7 nitrogen and oxygen atoms in total. The minimum absolute atomic E-state index is 0. The average molecular weight is 540 g/mol. The van der Waals surface area contributed by atoms with Gasteiger partial charge < -0.3 is 25.8 Å². The maximum Gasteiger partial charge on any atom is 0.251 e. The van der Waals surface area contributed by atoms with Crippen LogP contribution in [-0.2, 0) is 6.54 Å². The van der Waals surface area contributed by atoms with Gasteiger partial charge in [0.2, 0.25) is 0 Å². The largest absolute Gasteiger partial charge is 0.494 e. The van der Waals surface area contributed by atoms with Crippen molar-refractivity contribution in [2.45, 2.75) is 46.7 Å². The number of nitrogens with two attached hydrogens (primary N) is 1. The van der Waals surface area contributed by atoms with Gasteiger partial charge in [0, 0.05) is 17.7 Å². The molecule has 4 N–H and O–H groups in total. The number of carbonyl (C=O) groups is 1. The van der Waals surface area contributed by atoms with Crippen LogP contribution in [0.5, 0.6) is 11.5 Å². The van der Waals surface area contributed by atoms with Gasteiger partial charge in [0.1, 0.15) is 11.5 Å². The highest BCUT2D eigenvalue weighted by molar-refractivity contribution is 14.0. The van der Waals surface area contributed by atoms with Gasteiger partial charge in [-0.15, -0.1) is 24.0 Å². The third-order valence-corrected chi connectivity index (χ3v) is 4.46. The second-order valence-corrected chi connectivity index (χ2v) is 6.83. The van der Waals surface area contributed by atoms with Crippen molar-refractivity contribution in [2.24, 2.45) is 10.7 Å². The van der Waals surface area contributed by atoms with Crippen molar-refractivity contribution in [1.29, 1.82) is 0 Å². The summed E-state index contributed by atoms with van der Waals surface area (Å²) in [5, 5.41) is 6.03. The Morgan fingerprint density at radius 3 is 2.35 bits per heavy atom. The molecule has 0 heterocycles. The van der Waals surface area contributed by atoms with Crippen LogP contribution in [0.1, 0.15) is 50.0 Å². The highest BCUT2D eigenvalue weighted by Crippen LogP contribution is 2.29. The van der Waals surface area contributed by atoms with E-state index >= 15 is 0 Å². The number of guanidine groups is 1. The first-order chi connectivity index (χ1) is 14.5. The highest BCUT2D eigenvalue weighted by atomic mass is 127. The number of nitrogens with one attached hydrogen (secondary N) is 2. The van der Waals surface area contributed by atoms with E-state index in [1.807, 2.05) is 58.0 Å². The molecular formula is C23H33IN4O3. The molecule has 2 aromatic rings. The van der Waals surface area contributed by atoms with Gasteiger partial charge in [-0.2, -0.15) is 0 Å². The van der Waals surface area contributed by atoms with Crippen LogP contribution in [0.15, 0.2) is 47.5 Å². The predicted molar refractivity (Wildman–Crippen MR) is 137 cm³/mol. The Bertz CT molecular complexity index is 856. The maximum absolute atomic E-state index is 12.2. The molecule has 1 unspecified atom stereocenters. The summed E-state index contributed by atoms with van der Waals surface area (Å²) in [6.45, 7) is 9.37. The van der Waals surface area contributed by atoms with Crippen LogP contribution in [0.25, 0.3) is 0 Å². The normalized spacial score (nSPS) is 11.8. The summed E-state index contributed by atoms with van der Waals surface area (Å²) in [7, 11) is 0. The first-order valence-electron chi connectivity index (χ1n) is 10.3. The Labute approximate surface area is 201 Å². The molecule has 0 aliphatic carbocycles. The van der Waals surface area contributed by atoms with Crippen molar-refractivity contribution in [3.8, 4) is 11.5 Å². The second-order valence-electron chi connectivity index (χ2n) is 6.83. The Balaban J connectivity index is 0.00000480. The van der Waals surface area contributed by atoms with Gasteiger partial charge in [-0.1, -0.05) is 19.1 Å². The molecule has 0 fully saturated rings. The van der Waals surface area contributed by atoms with Gasteiger partial charge in [-0.25, -0.2) is 4.99 Å². The van der Waals surface area contributed by atoms with Crippen LogP contribution in [0, 0.1) is 0 Å². The van der Waals surface area contributed by atoms with Crippen molar-refractivity contribution in [2.75, 3.05) is 18.5 Å². The smallest absolute Gasteiger partial charge is 0.251 e. The monoisotopic (exact) mass is 540 g/mol. The number of amides is 1. The van der Waals surface area contributed by atoms with E-state index in [9.17, 15) is 4.79 Å². The molecule has 0 aliphatic heterocycles. The zero-order chi connectivity index (χ0) is 21.9. The SMILES string of the molecule is CCOc1ccc(OCC)c(NC(N)=NCc2ccc(C(=O)NC(C)CC)cc2)c1.I. The number of nitrogens with zero attached hydrogens (tertiary/aromatic N) is 1. The maximum atomic E-state index is 12.2. The highest BCUT2D eigenvalue weighted by Gasteiger charge is 2.09. The third kappa shape index (κ3) is 8.64. The zero-order valence-corrected chi connectivity index (χ0v) is 20.9. The Kier molecular flexibility index (Phi) is 11.8. The van der Waals surface area contributed by atoms with Crippen LogP contribution in [0.2, 0.25) is 0 Å². The molecule has 0 aliphatic rings. The van der Waals surface area contributed by atoms with E-state index in [2.05, 4.69) is 15.6 Å². The number of aliphatic imine (C=N–C) groups is 1. The van der Waals surface area contributed by atoms with Crippen LogP contribution in [-0.4, -0.2) is 31.1 Å². The molecule has 0 saturated carbocycles. The van der Waals surface area contributed by atoms with Crippen molar-refractivity contribution in [3.63, 3.8) is 0 Å². The second kappa shape index (κ2) is 13.7. The Morgan fingerprint density at radius 1 is 1.06 bits per heavy atom. The standard InChI is InChI=1S/C23H32N4O3.HI/c1-5-16(4)26-22(28)18-10-8-17(9-11-18)15-25-23(24)27-20-14-19(29-6-2)12-13-21(20)30-7-3;/h8-14,16H,5-7,15H2,1-4H3,(H,26,28)(H3,24,25,27);1H. The third-order valence-electron chi connectivity index (χ3n) is 4.46. The predicted octanol–water partition coefficient (Wildman–Crippen LogP) is 4.56. The van der Waals surface area contributed by atoms with Crippen LogP contribution in [0.4, 0.5) is 5.69 Å². The van der Waals surface area contributed by atoms with Crippen molar-refractivity contribution >= 4 is 41.5 Å². The van der Waals surface area contributed by atoms with E-state index in [0.717, 1.165) is 17.7 Å². The number of hydrogen-bond donors (Lipinski definition) is 3. The van der Waals surface area contributed by atoms with Gasteiger partial charge in [0.25, 0.3) is 5.91 Å². The number of rotatable bonds is 10. The minimum atomic E-state index is -0.0711. The quantitative estimate of drug-likeness (QED) is 0.233. The van der Waals surface area contributed by atoms with Crippen molar-refractivity contribution < 1.29 is 14.3 Å². The van der Waals surface area contributed by atoms with Gasteiger partial charge in [-0.05, 0) is 57.0 Å². The molecule has 170 valence electrons. The van der Waals surface area contributed by atoms with E-state index in [-0.39, 0.29) is 41.9 Å². The molecule has 1 atom stereocenters. The summed E-state index contributed by atoms with van der Waals surface area (Å²) in [5.74, 6) is 1.60. The fraction of sp³-hybridized carbons (Fsp3) is 0.391. The van der Waals surface area contributed by atoms with E-state index in [1.54, 1.807) is 12.1 Å². The average Bonchev–Trinajstić information content (AvgIpc) is 2.74. The van der Waals surface area contributed by atoms with Gasteiger partial charge in [-0.3, -0.25) is 4.79 Å². The van der Waals surface area contributed by atoms with Crippen LogP contribution >= 0.6 is 24.0 Å². The van der Waals surface area contributed by atoms with E-state index < -0.39 is 0 Å². The molecule has 0 spiro atoms. The zero-order valence-electron chi connectivity index (χ0n) is 18.6. The van der Waals surface area contributed by atoms with Crippen LogP contribution < -0.4 is 25.8 Å². The van der Waals surface area contributed by atoms with Gasteiger partial charge in [0.05, 0.1) is 25.4 Å². The number of anilines is 1. The molecule has 8 heteroatoms. The topological polar surface area (TPSA) is 98.0 Å². The van der Waals surface area contributed by atoms with E-state index in [4.69, 9.17) is 15.2 Å². The first-order valence-corrected chi connectivity index (χ1v) is 10.3. The molecular weight excluding hydrogens is 507 g/mol. The lowest BCUT2D eigenvalue weighted by atomic mass is 10.1. The molecule has 0 aromatic heterocycles. The minimum Gasteiger partial charge on any atom is -0.494 e. The molecule has 2 aromatic carbocycles. The fourth-order valence-corrected chi connectivity index (χ4v) is 2.67. The first kappa shape index (κ1) is 26.5. The molecule has 0 saturated heterocycles. The molecule has 31 heavy (non-hydrogen) atoms. The van der Waals surface area contributed by atoms with Crippen molar-refractivity contribution in [1.82, 2.24) is 5.32 Å². The van der Waals surface area contributed by atoms with Crippen molar-refractivity contribution in [3.05, 3.63) is 53.6 Å². The van der Waals surface area contributed by atoms with Gasteiger partial charge in [0.15, 0.2) is 5.96 Å².